The number of ether oxygens (including phenoxy) is 1. The fourth-order valence-corrected chi connectivity index (χ4v) is 3.38. The lowest BCUT2D eigenvalue weighted by atomic mass is 10.1. The van der Waals surface area contributed by atoms with E-state index in [0.29, 0.717) is 11.9 Å². The van der Waals surface area contributed by atoms with Gasteiger partial charge in [0, 0.05) is 12.0 Å². The third kappa shape index (κ3) is 2.10. The van der Waals surface area contributed by atoms with Crippen LogP contribution >= 0.6 is 11.6 Å². The zero-order valence-electron chi connectivity index (χ0n) is 11.6. The Morgan fingerprint density at radius 2 is 2.19 bits per heavy atom. The van der Waals surface area contributed by atoms with Crippen LogP contribution in [0.25, 0.3) is 21.9 Å². The summed E-state index contributed by atoms with van der Waals surface area (Å²) in [5.74, 6) is 1.31. The summed E-state index contributed by atoms with van der Waals surface area (Å²) < 4.78 is 7.93. The second-order valence-corrected chi connectivity index (χ2v) is 5.68. The zero-order chi connectivity index (χ0) is 14.2. The minimum Gasteiger partial charge on any atom is -0.379 e. The average Bonchev–Trinajstić information content (AvgIpc) is 2.94. The molecule has 1 fully saturated rings. The monoisotopic (exact) mass is 301 g/mol. The number of benzene rings is 1. The maximum atomic E-state index is 6.13. The third-order valence-electron chi connectivity index (χ3n) is 4.12. The Balaban J connectivity index is 2.03. The molecule has 0 amide bonds. The molecule has 0 N–H and O–H groups in total. The van der Waals surface area contributed by atoms with Crippen molar-refractivity contribution in [1.29, 1.82) is 0 Å². The van der Waals surface area contributed by atoms with E-state index in [-0.39, 0.29) is 0 Å². The highest BCUT2D eigenvalue weighted by atomic mass is 35.5. The maximum Gasteiger partial charge on any atom is 0.125 e. The molecule has 5 heteroatoms. The zero-order valence-corrected chi connectivity index (χ0v) is 12.4. The van der Waals surface area contributed by atoms with Crippen LogP contribution in [0.1, 0.15) is 24.7 Å². The van der Waals surface area contributed by atoms with E-state index in [1.54, 1.807) is 0 Å². The van der Waals surface area contributed by atoms with Crippen LogP contribution in [0, 0.1) is 0 Å². The van der Waals surface area contributed by atoms with E-state index >= 15 is 0 Å². The van der Waals surface area contributed by atoms with E-state index in [0.717, 1.165) is 53.8 Å². The number of fused-ring (bicyclic) bond motifs is 3. The Morgan fingerprint density at radius 1 is 1.29 bits per heavy atom. The summed E-state index contributed by atoms with van der Waals surface area (Å²) >= 11 is 6.13. The lowest BCUT2D eigenvalue weighted by molar-refractivity contribution is 0.0598. The van der Waals surface area contributed by atoms with Gasteiger partial charge in [0.15, 0.2) is 0 Å². The molecular weight excluding hydrogens is 286 g/mol. The normalized spacial score (nSPS) is 19.4. The SMILES string of the molecule is ClCc1nc2cnc3ccccc3c2n1C1CCCOC1. The van der Waals surface area contributed by atoms with E-state index in [1.165, 1.54) is 0 Å². The first-order valence-electron chi connectivity index (χ1n) is 7.27. The first-order valence-corrected chi connectivity index (χ1v) is 7.80. The number of hydrogen-bond donors (Lipinski definition) is 0. The highest BCUT2D eigenvalue weighted by Crippen LogP contribution is 2.31. The van der Waals surface area contributed by atoms with Crippen LogP contribution in [0.15, 0.2) is 30.5 Å². The number of nitrogens with zero attached hydrogens (tertiary/aromatic N) is 3. The van der Waals surface area contributed by atoms with Crippen molar-refractivity contribution in [2.45, 2.75) is 24.8 Å². The van der Waals surface area contributed by atoms with Crippen LogP contribution in [0.2, 0.25) is 0 Å². The van der Waals surface area contributed by atoms with Crippen molar-refractivity contribution >= 4 is 33.5 Å². The van der Waals surface area contributed by atoms with Gasteiger partial charge in [-0.1, -0.05) is 18.2 Å². The molecule has 108 valence electrons. The van der Waals surface area contributed by atoms with Crippen LogP contribution < -0.4 is 0 Å². The van der Waals surface area contributed by atoms with Gasteiger partial charge in [-0.15, -0.1) is 11.6 Å². The Bertz CT molecular complexity index is 793. The largest absolute Gasteiger partial charge is 0.379 e. The molecule has 0 radical (unpaired) electrons. The van der Waals surface area contributed by atoms with Crippen molar-refractivity contribution in [3.05, 3.63) is 36.3 Å². The minimum absolute atomic E-state index is 0.309. The second-order valence-electron chi connectivity index (χ2n) is 5.41. The van der Waals surface area contributed by atoms with E-state index in [9.17, 15) is 0 Å². The summed E-state index contributed by atoms with van der Waals surface area (Å²) in [5, 5.41) is 1.13. The van der Waals surface area contributed by atoms with E-state index in [1.807, 2.05) is 24.4 Å². The van der Waals surface area contributed by atoms with Crippen LogP contribution in [0.5, 0.6) is 0 Å². The second kappa shape index (κ2) is 5.28. The third-order valence-corrected chi connectivity index (χ3v) is 4.36. The number of alkyl halides is 1. The molecule has 2 aromatic heterocycles. The number of pyridine rings is 1. The van der Waals surface area contributed by atoms with Crippen molar-refractivity contribution in [2.24, 2.45) is 0 Å². The molecule has 1 aliphatic rings. The fourth-order valence-electron chi connectivity index (χ4n) is 3.19. The molecule has 3 heterocycles. The van der Waals surface area contributed by atoms with Gasteiger partial charge in [-0.25, -0.2) is 4.98 Å². The molecule has 0 spiro atoms. The molecule has 21 heavy (non-hydrogen) atoms. The van der Waals surface area contributed by atoms with Gasteiger partial charge in [0.25, 0.3) is 0 Å². The fraction of sp³-hybridized carbons (Fsp3) is 0.375. The van der Waals surface area contributed by atoms with Gasteiger partial charge in [-0.05, 0) is 18.9 Å². The van der Waals surface area contributed by atoms with Crippen LogP contribution in [0.3, 0.4) is 0 Å². The van der Waals surface area contributed by atoms with Gasteiger partial charge in [0.05, 0.1) is 35.8 Å². The first-order chi connectivity index (χ1) is 10.4. The van der Waals surface area contributed by atoms with Crippen LogP contribution in [0.4, 0.5) is 0 Å². The van der Waals surface area contributed by atoms with Crippen molar-refractivity contribution in [3.63, 3.8) is 0 Å². The molecule has 3 aromatic rings. The van der Waals surface area contributed by atoms with Gasteiger partial charge in [0.1, 0.15) is 11.3 Å². The number of imidazole rings is 1. The number of aromatic nitrogens is 3. The summed E-state index contributed by atoms with van der Waals surface area (Å²) in [4.78, 5) is 9.16. The van der Waals surface area contributed by atoms with Gasteiger partial charge in [0.2, 0.25) is 0 Å². The van der Waals surface area contributed by atoms with E-state index < -0.39 is 0 Å². The van der Waals surface area contributed by atoms with Crippen molar-refractivity contribution in [1.82, 2.24) is 14.5 Å². The maximum absolute atomic E-state index is 6.13. The average molecular weight is 302 g/mol. The highest BCUT2D eigenvalue weighted by molar-refractivity contribution is 6.17. The molecule has 1 saturated heterocycles. The topological polar surface area (TPSA) is 39.9 Å². The van der Waals surface area contributed by atoms with Gasteiger partial charge in [-0.3, -0.25) is 4.98 Å². The molecule has 0 aliphatic carbocycles. The quantitative estimate of drug-likeness (QED) is 0.678. The molecule has 1 aromatic carbocycles. The predicted octanol–water partition coefficient (Wildman–Crippen LogP) is 3.67. The van der Waals surface area contributed by atoms with Crippen LogP contribution in [-0.4, -0.2) is 27.7 Å². The summed E-state index contributed by atoms with van der Waals surface area (Å²) in [7, 11) is 0. The Hall–Kier alpha value is -1.65. The number of halogens is 1. The standard InChI is InChI=1S/C16H16ClN3O/c17-8-15-19-14-9-18-13-6-2-1-5-12(13)16(14)20(15)11-4-3-7-21-10-11/h1-2,5-6,9,11H,3-4,7-8,10H2. The van der Waals surface area contributed by atoms with Gasteiger partial charge in [-0.2, -0.15) is 0 Å². The Kier molecular flexibility index (Phi) is 3.28. The summed E-state index contributed by atoms with van der Waals surface area (Å²) in [6, 6.07) is 8.49. The van der Waals surface area contributed by atoms with Gasteiger partial charge >= 0.3 is 0 Å². The Labute approximate surface area is 127 Å². The van der Waals surface area contributed by atoms with Gasteiger partial charge < -0.3 is 9.30 Å². The van der Waals surface area contributed by atoms with Crippen molar-refractivity contribution in [3.8, 4) is 0 Å². The molecule has 1 aliphatic heterocycles. The smallest absolute Gasteiger partial charge is 0.125 e. The predicted molar refractivity (Wildman–Crippen MR) is 83.7 cm³/mol. The molecule has 1 atom stereocenters. The molecule has 0 saturated carbocycles. The molecule has 0 bridgehead atoms. The highest BCUT2D eigenvalue weighted by Gasteiger charge is 2.22. The summed E-state index contributed by atoms with van der Waals surface area (Å²) in [5.41, 5.74) is 3.03. The first kappa shape index (κ1) is 13.0. The summed E-state index contributed by atoms with van der Waals surface area (Å²) in [6.07, 6.45) is 4.02. The molecule has 4 rings (SSSR count). The lowest BCUT2D eigenvalue weighted by Crippen LogP contribution is -2.22. The minimum atomic E-state index is 0.309. The molecule has 4 nitrogen and oxygen atoms in total. The van der Waals surface area contributed by atoms with Crippen molar-refractivity contribution in [2.75, 3.05) is 13.2 Å². The number of rotatable bonds is 2. The number of hydrogen-bond acceptors (Lipinski definition) is 3. The molecular formula is C16H16ClN3O. The van der Waals surface area contributed by atoms with Crippen LogP contribution in [-0.2, 0) is 10.6 Å². The number of para-hydroxylation sites is 1. The van der Waals surface area contributed by atoms with E-state index in [4.69, 9.17) is 16.3 Å². The Morgan fingerprint density at radius 3 is 3.00 bits per heavy atom. The lowest BCUT2D eigenvalue weighted by Gasteiger charge is -2.25. The van der Waals surface area contributed by atoms with E-state index in [2.05, 4.69) is 20.6 Å². The summed E-state index contributed by atoms with van der Waals surface area (Å²) in [6.45, 7) is 1.58. The molecule has 1 unspecified atom stereocenters. The van der Waals surface area contributed by atoms with Crippen molar-refractivity contribution < 1.29 is 4.74 Å².